The lowest BCUT2D eigenvalue weighted by Gasteiger charge is -2.26. The molecule has 0 aliphatic carbocycles. The Labute approximate surface area is 116 Å². The van der Waals surface area contributed by atoms with Gasteiger partial charge < -0.3 is 9.88 Å². The predicted octanol–water partition coefficient (Wildman–Crippen LogP) is 2.89. The van der Waals surface area contributed by atoms with Crippen LogP contribution in [0.4, 0.5) is 4.39 Å². The molecule has 0 spiro atoms. The fraction of sp³-hybridized carbons (Fsp3) is 0.357. The zero-order valence-electron chi connectivity index (χ0n) is 10.8. The van der Waals surface area contributed by atoms with Gasteiger partial charge in [0.1, 0.15) is 11.6 Å². The number of hydrogen-bond donors (Lipinski definition) is 1. The number of thioether (sulfide) groups is 1. The standard InChI is InChI=1S/C14H16FN3S/c1-18-7-6-16-13(18)9-17-12-5-8-19-14-10(12)3-2-4-11(14)15/h2-4,6-7,12,17H,5,8-9H2,1H3. The molecule has 0 saturated heterocycles. The van der Waals surface area contributed by atoms with Crippen molar-refractivity contribution in [2.24, 2.45) is 7.05 Å². The monoisotopic (exact) mass is 277 g/mol. The molecule has 1 aliphatic heterocycles. The summed E-state index contributed by atoms with van der Waals surface area (Å²) in [4.78, 5) is 5.09. The normalized spacial score (nSPS) is 18.3. The first-order chi connectivity index (χ1) is 9.25. The fourth-order valence-corrected chi connectivity index (χ4v) is 3.52. The second kappa shape index (κ2) is 5.35. The summed E-state index contributed by atoms with van der Waals surface area (Å²) in [5.74, 6) is 1.84. The number of fused-ring (bicyclic) bond motifs is 1. The summed E-state index contributed by atoms with van der Waals surface area (Å²) in [7, 11) is 1.98. The van der Waals surface area contributed by atoms with Gasteiger partial charge in [0, 0.05) is 30.4 Å². The fourth-order valence-electron chi connectivity index (χ4n) is 2.38. The predicted molar refractivity (Wildman–Crippen MR) is 74.5 cm³/mol. The number of rotatable bonds is 3. The molecule has 1 unspecified atom stereocenters. The molecule has 2 heterocycles. The van der Waals surface area contributed by atoms with Crippen LogP contribution >= 0.6 is 11.8 Å². The third-order valence-electron chi connectivity index (χ3n) is 3.45. The summed E-state index contributed by atoms with van der Waals surface area (Å²) in [6, 6.07) is 5.55. The molecule has 0 amide bonds. The van der Waals surface area contributed by atoms with Gasteiger partial charge in [-0.05, 0) is 23.8 Å². The van der Waals surface area contributed by atoms with Crippen LogP contribution in [0.2, 0.25) is 0 Å². The van der Waals surface area contributed by atoms with E-state index < -0.39 is 0 Å². The van der Waals surface area contributed by atoms with Crippen molar-refractivity contribution in [3.05, 3.63) is 47.8 Å². The van der Waals surface area contributed by atoms with Crippen LogP contribution in [0.5, 0.6) is 0 Å². The highest BCUT2D eigenvalue weighted by atomic mass is 32.2. The van der Waals surface area contributed by atoms with Gasteiger partial charge in [0.2, 0.25) is 0 Å². The van der Waals surface area contributed by atoms with E-state index in [0.29, 0.717) is 6.54 Å². The van der Waals surface area contributed by atoms with Crippen LogP contribution in [0.3, 0.4) is 0 Å². The maximum absolute atomic E-state index is 13.8. The van der Waals surface area contributed by atoms with E-state index in [1.807, 2.05) is 23.9 Å². The molecule has 3 rings (SSSR count). The van der Waals surface area contributed by atoms with Crippen molar-refractivity contribution in [2.45, 2.75) is 23.9 Å². The van der Waals surface area contributed by atoms with Gasteiger partial charge in [-0.1, -0.05) is 12.1 Å². The average molecular weight is 277 g/mol. The molecule has 0 fully saturated rings. The molecule has 1 atom stereocenters. The minimum absolute atomic E-state index is 0.106. The molecule has 1 aromatic heterocycles. The zero-order chi connectivity index (χ0) is 13.2. The van der Waals surface area contributed by atoms with Crippen LogP contribution in [0.25, 0.3) is 0 Å². The van der Waals surface area contributed by atoms with Gasteiger partial charge in [-0.15, -0.1) is 11.8 Å². The molecule has 3 nitrogen and oxygen atoms in total. The van der Waals surface area contributed by atoms with Crippen molar-refractivity contribution in [1.82, 2.24) is 14.9 Å². The zero-order valence-corrected chi connectivity index (χ0v) is 11.6. The van der Waals surface area contributed by atoms with Crippen molar-refractivity contribution >= 4 is 11.8 Å². The summed E-state index contributed by atoms with van der Waals surface area (Å²) < 4.78 is 15.8. The molecule has 1 aromatic carbocycles. The highest BCUT2D eigenvalue weighted by Gasteiger charge is 2.22. The molecule has 1 aliphatic rings. The lowest BCUT2D eigenvalue weighted by Crippen LogP contribution is -2.25. The van der Waals surface area contributed by atoms with Gasteiger partial charge in [0.15, 0.2) is 0 Å². The Balaban J connectivity index is 1.77. The van der Waals surface area contributed by atoms with Crippen molar-refractivity contribution in [3.63, 3.8) is 0 Å². The van der Waals surface area contributed by atoms with Crippen LogP contribution in [0, 0.1) is 5.82 Å². The molecule has 0 radical (unpaired) electrons. The molecule has 0 bridgehead atoms. The van der Waals surface area contributed by atoms with E-state index >= 15 is 0 Å². The van der Waals surface area contributed by atoms with Gasteiger partial charge in [0.25, 0.3) is 0 Å². The number of nitrogens with one attached hydrogen (secondary N) is 1. The lowest BCUT2D eigenvalue weighted by atomic mass is 10.0. The Morgan fingerprint density at radius 3 is 3.21 bits per heavy atom. The molecule has 100 valence electrons. The number of aryl methyl sites for hydroxylation is 1. The minimum atomic E-state index is -0.106. The maximum Gasteiger partial charge on any atom is 0.137 e. The number of aromatic nitrogens is 2. The Morgan fingerprint density at radius 2 is 2.42 bits per heavy atom. The van der Waals surface area contributed by atoms with Crippen LogP contribution in [-0.2, 0) is 13.6 Å². The van der Waals surface area contributed by atoms with Crippen molar-refractivity contribution < 1.29 is 4.39 Å². The molecular formula is C14H16FN3S. The Morgan fingerprint density at radius 1 is 1.53 bits per heavy atom. The van der Waals surface area contributed by atoms with Gasteiger partial charge in [0.05, 0.1) is 6.54 Å². The van der Waals surface area contributed by atoms with Crippen LogP contribution in [-0.4, -0.2) is 15.3 Å². The van der Waals surface area contributed by atoms with Gasteiger partial charge in [-0.3, -0.25) is 0 Å². The van der Waals surface area contributed by atoms with Gasteiger partial charge >= 0.3 is 0 Å². The Bertz CT molecular complexity index is 582. The molecule has 0 saturated carbocycles. The minimum Gasteiger partial charge on any atom is -0.337 e. The number of halogens is 1. The average Bonchev–Trinajstić information content (AvgIpc) is 2.82. The summed E-state index contributed by atoms with van der Waals surface area (Å²) in [5, 5.41) is 3.48. The second-order valence-electron chi connectivity index (χ2n) is 4.68. The third kappa shape index (κ3) is 2.53. The number of benzene rings is 1. The summed E-state index contributed by atoms with van der Waals surface area (Å²) in [6.07, 6.45) is 4.74. The summed E-state index contributed by atoms with van der Waals surface area (Å²) in [6.45, 7) is 0.703. The number of hydrogen-bond acceptors (Lipinski definition) is 3. The van der Waals surface area contributed by atoms with Crippen LogP contribution in [0.1, 0.15) is 23.9 Å². The van der Waals surface area contributed by atoms with Crippen LogP contribution in [0.15, 0.2) is 35.5 Å². The van der Waals surface area contributed by atoms with Gasteiger partial charge in [-0.2, -0.15) is 0 Å². The van der Waals surface area contributed by atoms with Gasteiger partial charge in [-0.25, -0.2) is 9.37 Å². The van der Waals surface area contributed by atoms with E-state index in [1.165, 1.54) is 6.07 Å². The molecule has 1 N–H and O–H groups in total. The largest absolute Gasteiger partial charge is 0.337 e. The van der Waals surface area contributed by atoms with E-state index in [2.05, 4.69) is 10.3 Å². The van der Waals surface area contributed by atoms with E-state index in [1.54, 1.807) is 24.0 Å². The van der Waals surface area contributed by atoms with E-state index in [4.69, 9.17) is 0 Å². The smallest absolute Gasteiger partial charge is 0.137 e. The summed E-state index contributed by atoms with van der Waals surface area (Å²) >= 11 is 1.61. The van der Waals surface area contributed by atoms with E-state index in [9.17, 15) is 4.39 Å². The molecule has 2 aromatic rings. The molecule has 5 heteroatoms. The Kier molecular flexibility index (Phi) is 3.57. The quantitative estimate of drug-likeness (QED) is 0.935. The van der Waals surface area contributed by atoms with Crippen molar-refractivity contribution in [2.75, 3.05) is 5.75 Å². The number of nitrogens with zero attached hydrogens (tertiary/aromatic N) is 2. The molecular weight excluding hydrogens is 261 g/mol. The lowest BCUT2D eigenvalue weighted by molar-refractivity contribution is 0.484. The van der Waals surface area contributed by atoms with Crippen molar-refractivity contribution in [3.8, 4) is 0 Å². The highest BCUT2D eigenvalue weighted by Crippen LogP contribution is 2.37. The SMILES string of the molecule is Cn1ccnc1CNC1CCSc2c(F)cccc21. The summed E-state index contributed by atoms with van der Waals surface area (Å²) in [5.41, 5.74) is 1.07. The highest BCUT2D eigenvalue weighted by molar-refractivity contribution is 7.99. The van der Waals surface area contributed by atoms with Crippen LogP contribution < -0.4 is 5.32 Å². The topological polar surface area (TPSA) is 29.9 Å². The second-order valence-corrected chi connectivity index (χ2v) is 5.79. The first kappa shape index (κ1) is 12.7. The van der Waals surface area contributed by atoms with E-state index in [-0.39, 0.29) is 11.9 Å². The molecule has 19 heavy (non-hydrogen) atoms. The third-order valence-corrected chi connectivity index (χ3v) is 4.61. The first-order valence-corrected chi connectivity index (χ1v) is 7.35. The maximum atomic E-state index is 13.8. The first-order valence-electron chi connectivity index (χ1n) is 6.36. The number of imidazole rings is 1. The van der Waals surface area contributed by atoms with Crippen molar-refractivity contribution in [1.29, 1.82) is 0 Å². The Hall–Kier alpha value is -1.33. The van der Waals surface area contributed by atoms with E-state index in [0.717, 1.165) is 28.5 Å².